The number of alkyl halides is 3. The SMILES string of the molecule is CC.CCN1C(=O)C(NC(=O)c2nccc(C(F)(F)F)n2)Cc2c(C)nn(-c3ccccc3)c21.c1ccccc1. The summed E-state index contributed by atoms with van der Waals surface area (Å²) in [5.74, 6) is -1.39. The third-order valence-electron chi connectivity index (χ3n) is 5.82. The van der Waals surface area contributed by atoms with E-state index in [1.165, 1.54) is 4.90 Å². The van der Waals surface area contributed by atoms with Gasteiger partial charge in [0.25, 0.3) is 11.8 Å². The van der Waals surface area contributed by atoms with E-state index in [4.69, 9.17) is 0 Å². The molecule has 0 fully saturated rings. The normalized spacial score (nSPS) is 14.2. The number of fused-ring (bicyclic) bond motifs is 1. The first-order valence-electron chi connectivity index (χ1n) is 12.9. The Bertz CT molecular complexity index is 1380. The molecule has 3 heterocycles. The van der Waals surface area contributed by atoms with Crippen LogP contribution in [-0.4, -0.2) is 44.1 Å². The number of para-hydroxylation sites is 1. The Hall–Kier alpha value is -4.54. The minimum absolute atomic E-state index is 0.147. The van der Waals surface area contributed by atoms with Crippen molar-refractivity contribution in [3.8, 4) is 5.69 Å². The number of likely N-dealkylation sites (N-methyl/N-ethyl adjacent to an activating group) is 1. The van der Waals surface area contributed by atoms with Gasteiger partial charge < -0.3 is 5.32 Å². The van der Waals surface area contributed by atoms with Gasteiger partial charge in [0.2, 0.25) is 5.82 Å². The van der Waals surface area contributed by atoms with Gasteiger partial charge >= 0.3 is 6.18 Å². The van der Waals surface area contributed by atoms with Crippen molar-refractivity contribution in [1.82, 2.24) is 25.1 Å². The largest absolute Gasteiger partial charge is 0.433 e. The summed E-state index contributed by atoms with van der Waals surface area (Å²) in [4.78, 5) is 34.1. The Balaban J connectivity index is 0.000000481. The van der Waals surface area contributed by atoms with Crippen molar-refractivity contribution in [3.05, 3.63) is 102 Å². The van der Waals surface area contributed by atoms with Crippen LogP contribution in [0.4, 0.5) is 19.0 Å². The number of carbonyl (C=O) groups is 2. The highest BCUT2D eigenvalue weighted by Gasteiger charge is 2.38. The molecule has 1 aliphatic heterocycles. The molecule has 1 atom stereocenters. The van der Waals surface area contributed by atoms with Crippen molar-refractivity contribution >= 4 is 17.6 Å². The first kappa shape index (κ1) is 30.0. The summed E-state index contributed by atoms with van der Waals surface area (Å²) in [7, 11) is 0. The number of amides is 2. The Kier molecular flexibility index (Phi) is 10.1. The van der Waals surface area contributed by atoms with Gasteiger partial charge in [-0.3, -0.25) is 14.5 Å². The second-order valence-corrected chi connectivity index (χ2v) is 8.37. The maximum absolute atomic E-state index is 13.2. The summed E-state index contributed by atoms with van der Waals surface area (Å²) in [5, 5.41) is 7.05. The van der Waals surface area contributed by atoms with Crippen molar-refractivity contribution in [2.24, 2.45) is 0 Å². The molecule has 1 N–H and O–H groups in total. The molecule has 4 aromatic rings. The van der Waals surface area contributed by atoms with E-state index >= 15 is 0 Å². The maximum atomic E-state index is 13.2. The molecular weight excluding hydrogens is 521 g/mol. The predicted octanol–water partition coefficient (Wildman–Crippen LogP) is 5.41. The highest BCUT2D eigenvalue weighted by atomic mass is 19.4. The number of halogens is 3. The fourth-order valence-electron chi connectivity index (χ4n) is 4.05. The van der Waals surface area contributed by atoms with Crippen molar-refractivity contribution in [3.63, 3.8) is 0 Å². The topological polar surface area (TPSA) is 93.0 Å². The number of anilines is 1. The van der Waals surface area contributed by atoms with E-state index in [0.717, 1.165) is 17.4 Å². The van der Waals surface area contributed by atoms with Crippen molar-refractivity contribution in [1.29, 1.82) is 0 Å². The molecular formula is C29H31F3N6O2. The van der Waals surface area contributed by atoms with Crippen LogP contribution in [0.2, 0.25) is 0 Å². The van der Waals surface area contributed by atoms with Crippen LogP contribution in [0.15, 0.2) is 79.0 Å². The number of nitrogens with zero attached hydrogens (tertiary/aromatic N) is 5. The van der Waals surface area contributed by atoms with Gasteiger partial charge in [-0.2, -0.15) is 18.3 Å². The average Bonchev–Trinajstić information content (AvgIpc) is 3.31. The lowest BCUT2D eigenvalue weighted by atomic mass is 9.99. The van der Waals surface area contributed by atoms with E-state index in [1.54, 1.807) is 18.5 Å². The molecule has 0 saturated heterocycles. The number of hydrogen-bond acceptors (Lipinski definition) is 5. The molecule has 0 aliphatic carbocycles. The van der Waals surface area contributed by atoms with Crippen molar-refractivity contribution in [2.75, 3.05) is 11.4 Å². The Labute approximate surface area is 230 Å². The highest BCUT2D eigenvalue weighted by Crippen LogP contribution is 2.33. The predicted molar refractivity (Wildman–Crippen MR) is 146 cm³/mol. The van der Waals surface area contributed by atoms with E-state index in [9.17, 15) is 22.8 Å². The van der Waals surface area contributed by atoms with Crippen LogP contribution in [0.3, 0.4) is 0 Å². The van der Waals surface area contributed by atoms with Crippen molar-refractivity contribution in [2.45, 2.75) is 46.3 Å². The molecule has 5 rings (SSSR count). The van der Waals surface area contributed by atoms with Crippen molar-refractivity contribution < 1.29 is 22.8 Å². The van der Waals surface area contributed by atoms with Gasteiger partial charge in [0.1, 0.15) is 17.6 Å². The number of rotatable bonds is 4. The number of carbonyl (C=O) groups excluding carboxylic acids is 2. The van der Waals surface area contributed by atoms with Crippen LogP contribution >= 0.6 is 0 Å². The monoisotopic (exact) mass is 552 g/mol. The van der Waals surface area contributed by atoms with E-state index in [-0.39, 0.29) is 6.42 Å². The second-order valence-electron chi connectivity index (χ2n) is 8.37. The van der Waals surface area contributed by atoms with Crippen LogP contribution < -0.4 is 10.2 Å². The summed E-state index contributed by atoms with van der Waals surface area (Å²) < 4.78 is 40.4. The number of aromatic nitrogens is 4. The molecule has 11 heteroatoms. The lowest BCUT2D eigenvalue weighted by molar-refractivity contribution is -0.141. The smallest absolute Gasteiger partial charge is 0.337 e. The quantitative estimate of drug-likeness (QED) is 0.366. The molecule has 0 spiro atoms. The highest BCUT2D eigenvalue weighted by molar-refractivity contribution is 6.03. The summed E-state index contributed by atoms with van der Waals surface area (Å²) >= 11 is 0. The lowest BCUT2D eigenvalue weighted by Gasteiger charge is -2.32. The molecule has 0 saturated carbocycles. The van der Waals surface area contributed by atoms with Gasteiger partial charge in [0.15, 0.2) is 0 Å². The van der Waals surface area contributed by atoms with Gasteiger partial charge in [-0.1, -0.05) is 68.4 Å². The molecule has 210 valence electrons. The minimum atomic E-state index is -4.71. The van der Waals surface area contributed by atoms with E-state index in [0.29, 0.717) is 24.1 Å². The summed E-state index contributed by atoms with van der Waals surface area (Å²) in [5.41, 5.74) is 1.00. The fraction of sp³-hybridized carbons (Fsp3) is 0.276. The molecule has 2 aromatic heterocycles. The molecule has 2 aromatic carbocycles. The van der Waals surface area contributed by atoms with Crippen LogP contribution in [0.5, 0.6) is 0 Å². The van der Waals surface area contributed by atoms with Crippen LogP contribution in [-0.2, 0) is 17.4 Å². The summed E-state index contributed by atoms with van der Waals surface area (Å²) in [6, 6.07) is 21.0. The van der Waals surface area contributed by atoms with E-state index < -0.39 is 35.6 Å². The molecule has 1 unspecified atom stereocenters. The first-order valence-corrected chi connectivity index (χ1v) is 12.9. The van der Waals surface area contributed by atoms with Gasteiger partial charge in [0, 0.05) is 24.7 Å². The second kappa shape index (κ2) is 13.5. The zero-order valence-electron chi connectivity index (χ0n) is 22.7. The number of aryl methyl sites for hydroxylation is 1. The molecule has 40 heavy (non-hydrogen) atoms. The van der Waals surface area contributed by atoms with Crippen LogP contribution in [0.25, 0.3) is 5.69 Å². The van der Waals surface area contributed by atoms with Gasteiger partial charge in [-0.25, -0.2) is 14.6 Å². The fourth-order valence-corrected chi connectivity index (χ4v) is 4.05. The molecule has 1 aliphatic rings. The summed E-state index contributed by atoms with van der Waals surface area (Å²) in [6.45, 7) is 7.91. The van der Waals surface area contributed by atoms with Gasteiger partial charge in [0.05, 0.1) is 11.4 Å². The maximum Gasteiger partial charge on any atom is 0.433 e. The number of hydrogen-bond donors (Lipinski definition) is 1. The number of benzene rings is 2. The third-order valence-corrected chi connectivity index (χ3v) is 5.82. The zero-order chi connectivity index (χ0) is 29.3. The average molecular weight is 553 g/mol. The van der Waals surface area contributed by atoms with E-state index in [2.05, 4.69) is 20.4 Å². The van der Waals surface area contributed by atoms with E-state index in [1.807, 2.05) is 80.6 Å². The Morgan fingerprint density at radius 3 is 2.12 bits per heavy atom. The zero-order valence-corrected chi connectivity index (χ0v) is 22.7. The first-order chi connectivity index (χ1) is 19.2. The molecule has 0 bridgehead atoms. The Morgan fingerprint density at radius 2 is 1.57 bits per heavy atom. The summed E-state index contributed by atoms with van der Waals surface area (Å²) in [6.07, 6.45) is -3.71. The lowest BCUT2D eigenvalue weighted by Crippen LogP contribution is -2.53. The Morgan fingerprint density at radius 1 is 1.00 bits per heavy atom. The third kappa shape index (κ3) is 6.90. The van der Waals surface area contributed by atoms with Gasteiger partial charge in [-0.05, 0) is 32.0 Å². The van der Waals surface area contributed by atoms with Gasteiger partial charge in [-0.15, -0.1) is 0 Å². The standard InChI is InChI=1S/C21H19F3N6O2.C6H6.C2H6/c1-3-29-19-14(12(2)28-30(19)13-7-5-4-6-8-13)11-15(20(29)32)26-18(31)17-25-10-9-16(27-17)21(22,23)24;1-2-4-6-5-3-1;1-2/h4-10,15H,3,11H2,1-2H3,(H,26,31);1-6H;1-2H3. The molecule has 0 radical (unpaired) electrons. The minimum Gasteiger partial charge on any atom is -0.337 e. The van der Waals surface area contributed by atoms with Crippen LogP contribution in [0, 0.1) is 6.92 Å². The number of nitrogens with one attached hydrogen (secondary N) is 1. The molecule has 2 amide bonds. The molecule has 8 nitrogen and oxygen atoms in total. The van der Waals surface area contributed by atoms with Crippen LogP contribution in [0.1, 0.15) is 48.3 Å².